The van der Waals surface area contributed by atoms with Crippen molar-refractivity contribution in [2.24, 2.45) is 5.73 Å². The van der Waals surface area contributed by atoms with Gasteiger partial charge in [0.1, 0.15) is 0 Å². The minimum atomic E-state index is 0.00603. The molecule has 0 aliphatic heterocycles. The minimum absolute atomic E-state index is 0.00603. The maximum absolute atomic E-state index is 5.66. The summed E-state index contributed by atoms with van der Waals surface area (Å²) < 4.78 is 10.7. The maximum atomic E-state index is 5.66. The molecule has 0 rings (SSSR count). The van der Waals surface area contributed by atoms with Crippen LogP contribution in [-0.2, 0) is 9.47 Å². The van der Waals surface area contributed by atoms with Gasteiger partial charge in [0.2, 0.25) is 0 Å². The van der Waals surface area contributed by atoms with Crippen molar-refractivity contribution < 1.29 is 9.47 Å². The molecule has 0 saturated carbocycles. The number of hydrogen-bond donors (Lipinski definition) is 2. The summed E-state index contributed by atoms with van der Waals surface area (Å²) in [4.78, 5) is 0. The number of nitrogens with one attached hydrogen (secondary N) is 1. The second kappa shape index (κ2) is 10.9. The van der Waals surface area contributed by atoms with Crippen molar-refractivity contribution in [3.8, 4) is 0 Å². The average Bonchev–Trinajstić information content (AvgIpc) is 2.42. The summed E-state index contributed by atoms with van der Waals surface area (Å²) in [6, 6.07) is 0. The van der Waals surface area contributed by atoms with Gasteiger partial charge in [-0.15, -0.1) is 0 Å². The minimum Gasteiger partial charge on any atom is -0.498 e. The van der Waals surface area contributed by atoms with Crippen LogP contribution in [-0.4, -0.2) is 39.0 Å². The van der Waals surface area contributed by atoms with Crippen LogP contribution in [0.15, 0.2) is 23.5 Å². The van der Waals surface area contributed by atoms with Crippen LogP contribution in [0.25, 0.3) is 0 Å². The highest BCUT2D eigenvalue weighted by atomic mass is 16.5. The number of methoxy groups -OCH3 is 1. The lowest BCUT2D eigenvalue weighted by Gasteiger charge is -2.24. The Morgan fingerprint density at radius 1 is 1.20 bits per heavy atom. The third-order valence-electron chi connectivity index (χ3n) is 3.07. The molecule has 0 aromatic heterocycles. The van der Waals surface area contributed by atoms with E-state index in [9.17, 15) is 0 Å². The van der Waals surface area contributed by atoms with Crippen LogP contribution in [0.1, 0.15) is 40.5 Å². The molecule has 0 fully saturated rings. The molecule has 0 spiro atoms. The molecule has 4 heteroatoms. The molecule has 0 bridgehead atoms. The van der Waals surface area contributed by atoms with Crippen LogP contribution in [0.5, 0.6) is 0 Å². The van der Waals surface area contributed by atoms with E-state index in [1.54, 1.807) is 7.11 Å². The van der Waals surface area contributed by atoms with Gasteiger partial charge in [-0.05, 0) is 53.2 Å². The Kier molecular flexibility index (Phi) is 10.4. The van der Waals surface area contributed by atoms with E-state index in [0.717, 1.165) is 38.4 Å². The Bertz CT molecular complexity index is 310. The SMILES string of the molecule is COCC/C(C)=C/C=C(\C)OCCCNC(C)(C)CN. The fraction of sp³-hybridized carbons (Fsp3) is 0.750. The van der Waals surface area contributed by atoms with Gasteiger partial charge in [0.15, 0.2) is 0 Å². The van der Waals surface area contributed by atoms with Gasteiger partial charge in [-0.3, -0.25) is 0 Å². The number of hydrogen-bond acceptors (Lipinski definition) is 4. The Balaban J connectivity index is 3.79. The zero-order valence-corrected chi connectivity index (χ0v) is 13.8. The lowest BCUT2D eigenvalue weighted by atomic mass is 10.1. The van der Waals surface area contributed by atoms with Crippen molar-refractivity contribution in [1.82, 2.24) is 5.32 Å². The van der Waals surface area contributed by atoms with E-state index < -0.39 is 0 Å². The first-order chi connectivity index (χ1) is 9.41. The predicted octanol–water partition coefficient (Wildman–Crippen LogP) is 2.61. The van der Waals surface area contributed by atoms with E-state index in [0.29, 0.717) is 6.54 Å². The van der Waals surface area contributed by atoms with Gasteiger partial charge < -0.3 is 20.5 Å². The first kappa shape index (κ1) is 19.2. The summed E-state index contributed by atoms with van der Waals surface area (Å²) in [5, 5.41) is 3.41. The van der Waals surface area contributed by atoms with Gasteiger partial charge in [0.05, 0.1) is 12.4 Å². The van der Waals surface area contributed by atoms with Gasteiger partial charge in [-0.2, -0.15) is 0 Å². The second-order valence-corrected chi connectivity index (χ2v) is 5.75. The average molecular weight is 284 g/mol. The van der Waals surface area contributed by atoms with E-state index in [1.807, 2.05) is 13.0 Å². The molecule has 0 unspecified atom stereocenters. The molecule has 3 N–H and O–H groups in total. The van der Waals surface area contributed by atoms with E-state index in [1.165, 1.54) is 5.57 Å². The van der Waals surface area contributed by atoms with E-state index in [2.05, 4.69) is 32.2 Å². The number of nitrogens with two attached hydrogens (primary N) is 1. The van der Waals surface area contributed by atoms with Crippen molar-refractivity contribution in [1.29, 1.82) is 0 Å². The molecule has 20 heavy (non-hydrogen) atoms. The lowest BCUT2D eigenvalue weighted by molar-refractivity contribution is 0.202. The lowest BCUT2D eigenvalue weighted by Crippen LogP contribution is -2.46. The third kappa shape index (κ3) is 11.0. The fourth-order valence-electron chi connectivity index (χ4n) is 1.46. The largest absolute Gasteiger partial charge is 0.498 e. The maximum Gasteiger partial charge on any atom is 0.0928 e. The molecule has 0 aliphatic carbocycles. The molecule has 0 saturated heterocycles. The second-order valence-electron chi connectivity index (χ2n) is 5.75. The highest BCUT2D eigenvalue weighted by Gasteiger charge is 2.12. The van der Waals surface area contributed by atoms with Crippen LogP contribution >= 0.6 is 0 Å². The van der Waals surface area contributed by atoms with Crippen LogP contribution in [0.2, 0.25) is 0 Å². The van der Waals surface area contributed by atoms with Crippen molar-refractivity contribution >= 4 is 0 Å². The highest BCUT2D eigenvalue weighted by Crippen LogP contribution is 2.04. The van der Waals surface area contributed by atoms with Crippen LogP contribution in [0.4, 0.5) is 0 Å². The molecule has 0 radical (unpaired) electrons. The molecule has 0 aliphatic rings. The standard InChI is InChI=1S/C16H32N2O2/c1-14(9-12-19-5)7-8-15(2)20-11-6-10-18-16(3,4)13-17/h7-8,18H,6,9-13,17H2,1-5H3/b14-7+,15-8+. The number of allylic oxidation sites excluding steroid dienone is 3. The van der Waals surface area contributed by atoms with Gasteiger partial charge >= 0.3 is 0 Å². The van der Waals surface area contributed by atoms with Crippen molar-refractivity contribution in [3.05, 3.63) is 23.5 Å². The third-order valence-corrected chi connectivity index (χ3v) is 3.07. The Hall–Kier alpha value is -0.840. The molecule has 0 amide bonds. The summed E-state index contributed by atoms with van der Waals surface area (Å²) in [6.07, 6.45) is 6.03. The zero-order chi connectivity index (χ0) is 15.4. The van der Waals surface area contributed by atoms with Gasteiger partial charge in [0.25, 0.3) is 0 Å². The topological polar surface area (TPSA) is 56.5 Å². The first-order valence-electron chi connectivity index (χ1n) is 7.32. The fourth-order valence-corrected chi connectivity index (χ4v) is 1.46. The van der Waals surface area contributed by atoms with Crippen molar-refractivity contribution in [3.63, 3.8) is 0 Å². The van der Waals surface area contributed by atoms with E-state index >= 15 is 0 Å². The first-order valence-corrected chi connectivity index (χ1v) is 7.32. The normalized spacial score (nSPS) is 13.7. The molecule has 0 heterocycles. The molecular weight excluding hydrogens is 252 g/mol. The summed E-state index contributed by atoms with van der Waals surface area (Å²) in [5.74, 6) is 0.944. The summed E-state index contributed by atoms with van der Waals surface area (Å²) in [6.45, 7) is 11.3. The summed E-state index contributed by atoms with van der Waals surface area (Å²) >= 11 is 0. The highest BCUT2D eigenvalue weighted by molar-refractivity contribution is 5.12. The number of ether oxygens (including phenoxy) is 2. The zero-order valence-electron chi connectivity index (χ0n) is 13.8. The Labute approximate surface area is 124 Å². The quantitative estimate of drug-likeness (QED) is 0.348. The van der Waals surface area contributed by atoms with Crippen LogP contribution in [0.3, 0.4) is 0 Å². The smallest absolute Gasteiger partial charge is 0.0928 e. The van der Waals surface area contributed by atoms with E-state index in [-0.39, 0.29) is 5.54 Å². The molecule has 0 aromatic rings. The molecular formula is C16H32N2O2. The van der Waals surface area contributed by atoms with E-state index in [4.69, 9.17) is 15.2 Å². The Morgan fingerprint density at radius 3 is 2.50 bits per heavy atom. The number of rotatable bonds is 11. The Morgan fingerprint density at radius 2 is 1.90 bits per heavy atom. The van der Waals surface area contributed by atoms with Crippen molar-refractivity contribution in [2.45, 2.75) is 46.1 Å². The van der Waals surface area contributed by atoms with Gasteiger partial charge in [-0.1, -0.05) is 11.6 Å². The molecule has 118 valence electrons. The monoisotopic (exact) mass is 284 g/mol. The summed E-state index contributed by atoms with van der Waals surface area (Å²) in [7, 11) is 1.72. The van der Waals surface area contributed by atoms with Gasteiger partial charge in [0, 0.05) is 25.8 Å². The van der Waals surface area contributed by atoms with Crippen LogP contribution < -0.4 is 11.1 Å². The van der Waals surface area contributed by atoms with Gasteiger partial charge in [-0.25, -0.2) is 0 Å². The molecule has 4 nitrogen and oxygen atoms in total. The molecule has 0 aromatic carbocycles. The van der Waals surface area contributed by atoms with Crippen LogP contribution in [0, 0.1) is 0 Å². The van der Waals surface area contributed by atoms with Crippen molar-refractivity contribution in [2.75, 3.05) is 33.4 Å². The molecule has 0 atom stereocenters. The summed E-state index contributed by atoms with van der Waals surface area (Å²) in [5.41, 5.74) is 6.95. The predicted molar refractivity (Wildman–Crippen MR) is 85.7 cm³/mol.